The lowest BCUT2D eigenvalue weighted by molar-refractivity contribution is -0.138. The van der Waals surface area contributed by atoms with Gasteiger partial charge in [-0.15, -0.1) is 11.3 Å². The number of carbonyl (C=O) groups is 1. The molecule has 1 atom stereocenters. The van der Waals surface area contributed by atoms with E-state index in [4.69, 9.17) is 9.84 Å². The Kier molecular flexibility index (Phi) is 4.74. The van der Waals surface area contributed by atoms with Crippen molar-refractivity contribution >= 4 is 49.9 Å². The Bertz CT molecular complexity index is 1250. The van der Waals surface area contributed by atoms with Crippen LogP contribution in [0, 0.1) is 5.92 Å². The molecule has 5 rings (SSSR count). The molecule has 8 nitrogen and oxygen atoms in total. The Morgan fingerprint density at radius 2 is 2.30 bits per heavy atom. The number of rotatable bonds is 6. The van der Waals surface area contributed by atoms with E-state index in [-0.39, 0.29) is 12.3 Å². The van der Waals surface area contributed by atoms with Gasteiger partial charge < -0.3 is 15.2 Å². The molecule has 0 bridgehead atoms. The fourth-order valence-corrected chi connectivity index (χ4v) is 5.47. The number of ether oxygens (including phenoxy) is 1. The van der Waals surface area contributed by atoms with Crippen molar-refractivity contribution in [1.29, 1.82) is 0 Å². The van der Waals surface area contributed by atoms with E-state index in [2.05, 4.69) is 25.5 Å². The summed E-state index contributed by atoms with van der Waals surface area (Å²) in [5.74, 6) is 0.926. The molecule has 0 spiro atoms. The van der Waals surface area contributed by atoms with Crippen molar-refractivity contribution in [2.45, 2.75) is 32.6 Å². The molecule has 1 unspecified atom stereocenters. The Hall–Kier alpha value is -3.20. The van der Waals surface area contributed by atoms with Crippen LogP contribution in [0.5, 0.6) is 5.75 Å². The number of nitrogens with zero attached hydrogens (tertiary/aromatic N) is 3. The van der Waals surface area contributed by atoms with Crippen LogP contribution in [-0.4, -0.2) is 37.8 Å². The number of carboxylic acids is 1. The third kappa shape index (κ3) is 3.35. The second-order valence-corrected chi connectivity index (χ2v) is 8.56. The number of aliphatic carboxylic acids is 1. The third-order valence-corrected chi connectivity index (χ3v) is 6.67. The van der Waals surface area contributed by atoms with Crippen LogP contribution < -0.4 is 10.1 Å². The van der Waals surface area contributed by atoms with Crippen LogP contribution in [0.3, 0.4) is 0 Å². The van der Waals surface area contributed by atoms with Crippen molar-refractivity contribution in [3.63, 3.8) is 0 Å². The minimum absolute atomic E-state index is 0.181. The molecule has 0 amide bonds. The van der Waals surface area contributed by atoms with Crippen molar-refractivity contribution in [3.8, 4) is 5.75 Å². The Morgan fingerprint density at radius 3 is 3.13 bits per heavy atom. The van der Waals surface area contributed by atoms with Crippen LogP contribution in [0.1, 0.15) is 30.2 Å². The number of hydrogen-bond donors (Lipinski definition) is 3. The van der Waals surface area contributed by atoms with Crippen molar-refractivity contribution in [1.82, 2.24) is 20.2 Å². The van der Waals surface area contributed by atoms with Gasteiger partial charge in [0, 0.05) is 22.8 Å². The van der Waals surface area contributed by atoms with Crippen molar-refractivity contribution in [3.05, 3.63) is 35.1 Å². The Labute approximate surface area is 176 Å². The maximum atomic E-state index is 11.1. The molecule has 0 saturated heterocycles. The lowest BCUT2D eigenvalue weighted by atomic mass is 9.86. The first-order chi connectivity index (χ1) is 14.6. The van der Waals surface area contributed by atoms with Crippen LogP contribution >= 0.6 is 11.3 Å². The summed E-state index contributed by atoms with van der Waals surface area (Å²) in [5.41, 5.74) is 2.97. The van der Waals surface area contributed by atoms with Gasteiger partial charge >= 0.3 is 5.97 Å². The van der Waals surface area contributed by atoms with Crippen LogP contribution in [0.2, 0.25) is 0 Å². The number of thiophene rings is 1. The number of aromatic nitrogens is 4. The van der Waals surface area contributed by atoms with Gasteiger partial charge in [0.25, 0.3) is 0 Å². The van der Waals surface area contributed by atoms with E-state index in [0.717, 1.165) is 57.6 Å². The van der Waals surface area contributed by atoms with Crippen molar-refractivity contribution in [2.75, 3.05) is 11.9 Å². The molecule has 3 heterocycles. The fourth-order valence-electron chi connectivity index (χ4n) is 4.17. The SMILES string of the molecule is CCOc1cc2[nH]ncc2cc1Nc1ncnc2sc3c(c12)CCC(CC(=O)O)C3. The van der Waals surface area contributed by atoms with E-state index in [0.29, 0.717) is 6.61 Å². The highest BCUT2D eigenvalue weighted by atomic mass is 32.1. The van der Waals surface area contributed by atoms with Crippen LogP contribution in [-0.2, 0) is 17.6 Å². The summed E-state index contributed by atoms with van der Waals surface area (Å²) in [6.45, 7) is 2.50. The molecule has 154 valence electrons. The zero-order valence-corrected chi connectivity index (χ0v) is 17.3. The average Bonchev–Trinajstić information content (AvgIpc) is 3.31. The van der Waals surface area contributed by atoms with E-state index < -0.39 is 5.97 Å². The quantitative estimate of drug-likeness (QED) is 0.424. The molecule has 3 N–H and O–H groups in total. The predicted octanol–water partition coefficient (Wildman–Crippen LogP) is 4.29. The summed E-state index contributed by atoms with van der Waals surface area (Å²) in [5, 5.41) is 21.7. The number of nitrogens with one attached hydrogen (secondary N) is 2. The minimum atomic E-state index is -0.732. The number of anilines is 2. The van der Waals surface area contributed by atoms with E-state index in [1.54, 1.807) is 23.9 Å². The third-order valence-electron chi connectivity index (χ3n) is 5.50. The van der Waals surface area contributed by atoms with Gasteiger partial charge in [-0.25, -0.2) is 9.97 Å². The summed E-state index contributed by atoms with van der Waals surface area (Å²) < 4.78 is 5.84. The molecule has 3 aromatic heterocycles. The molecule has 0 radical (unpaired) electrons. The minimum Gasteiger partial charge on any atom is -0.492 e. The largest absolute Gasteiger partial charge is 0.492 e. The van der Waals surface area contributed by atoms with E-state index in [1.807, 2.05) is 19.1 Å². The highest BCUT2D eigenvalue weighted by molar-refractivity contribution is 7.19. The summed E-state index contributed by atoms with van der Waals surface area (Å²) in [7, 11) is 0. The summed E-state index contributed by atoms with van der Waals surface area (Å²) in [6, 6.07) is 3.94. The Morgan fingerprint density at radius 1 is 1.40 bits per heavy atom. The normalized spacial score (nSPS) is 16.0. The molecular formula is C21H21N5O3S. The van der Waals surface area contributed by atoms with Gasteiger partial charge in [0.1, 0.15) is 22.7 Å². The number of benzene rings is 1. The van der Waals surface area contributed by atoms with Crippen LogP contribution in [0.15, 0.2) is 24.7 Å². The van der Waals surface area contributed by atoms with Gasteiger partial charge in [-0.3, -0.25) is 9.89 Å². The number of aryl methyl sites for hydroxylation is 1. The van der Waals surface area contributed by atoms with Gasteiger partial charge in [-0.05, 0) is 43.7 Å². The Balaban J connectivity index is 1.55. The summed E-state index contributed by atoms with van der Waals surface area (Å²) in [6.07, 6.45) is 6.05. The second kappa shape index (κ2) is 7.56. The second-order valence-electron chi connectivity index (χ2n) is 7.48. The molecular weight excluding hydrogens is 402 g/mol. The van der Waals surface area contributed by atoms with Crippen LogP contribution in [0.4, 0.5) is 11.5 Å². The number of fused-ring (bicyclic) bond motifs is 4. The molecule has 1 aliphatic rings. The van der Waals surface area contributed by atoms with Crippen molar-refractivity contribution < 1.29 is 14.6 Å². The molecule has 4 aromatic rings. The lowest BCUT2D eigenvalue weighted by Crippen LogP contribution is -2.16. The molecule has 1 aliphatic carbocycles. The first kappa shape index (κ1) is 18.8. The van der Waals surface area contributed by atoms with E-state index in [9.17, 15) is 4.79 Å². The van der Waals surface area contributed by atoms with Gasteiger partial charge in [0.15, 0.2) is 0 Å². The smallest absolute Gasteiger partial charge is 0.303 e. The van der Waals surface area contributed by atoms with Gasteiger partial charge in [0.2, 0.25) is 0 Å². The zero-order chi connectivity index (χ0) is 20.7. The standard InChI is InChI=1S/C21H21N5O3S/c1-2-29-16-8-14-12(9-24-26-14)7-15(16)25-20-19-13-4-3-11(6-18(27)28)5-17(13)30-21(19)23-10-22-20/h7-11H,2-6H2,1H3,(H,24,26)(H,27,28)(H,22,23,25). The number of aromatic amines is 1. The molecule has 0 saturated carbocycles. The molecule has 9 heteroatoms. The molecule has 0 fully saturated rings. The number of carboxylic acid groups (broad SMARTS) is 1. The summed E-state index contributed by atoms with van der Waals surface area (Å²) in [4.78, 5) is 22.3. The molecule has 30 heavy (non-hydrogen) atoms. The molecule has 1 aromatic carbocycles. The van der Waals surface area contributed by atoms with Crippen LogP contribution in [0.25, 0.3) is 21.1 Å². The highest BCUT2D eigenvalue weighted by Gasteiger charge is 2.26. The predicted molar refractivity (Wildman–Crippen MR) is 116 cm³/mol. The average molecular weight is 423 g/mol. The van der Waals surface area contributed by atoms with Gasteiger partial charge in [0.05, 0.1) is 29.4 Å². The zero-order valence-electron chi connectivity index (χ0n) is 16.4. The number of hydrogen-bond acceptors (Lipinski definition) is 7. The maximum Gasteiger partial charge on any atom is 0.303 e. The van der Waals surface area contributed by atoms with E-state index >= 15 is 0 Å². The first-order valence-corrected chi connectivity index (χ1v) is 10.8. The monoisotopic (exact) mass is 423 g/mol. The topological polar surface area (TPSA) is 113 Å². The van der Waals surface area contributed by atoms with Gasteiger partial charge in [-0.1, -0.05) is 0 Å². The molecule has 0 aliphatic heterocycles. The maximum absolute atomic E-state index is 11.1. The number of H-pyrrole nitrogens is 1. The van der Waals surface area contributed by atoms with Gasteiger partial charge in [-0.2, -0.15) is 5.10 Å². The first-order valence-electron chi connectivity index (χ1n) is 9.96. The van der Waals surface area contributed by atoms with Crippen molar-refractivity contribution in [2.24, 2.45) is 5.92 Å². The fraction of sp³-hybridized carbons (Fsp3) is 0.333. The van der Waals surface area contributed by atoms with E-state index in [1.165, 1.54) is 10.4 Å². The lowest BCUT2D eigenvalue weighted by Gasteiger charge is -2.21. The summed E-state index contributed by atoms with van der Waals surface area (Å²) >= 11 is 1.64. The highest BCUT2D eigenvalue weighted by Crippen LogP contribution is 2.42.